The molecule has 0 atom stereocenters. The minimum atomic E-state index is -0.225. The highest BCUT2D eigenvalue weighted by molar-refractivity contribution is 5.89. The van der Waals surface area contributed by atoms with Gasteiger partial charge in [-0.2, -0.15) is 0 Å². The molecular weight excluding hydrogens is 228 g/mol. The van der Waals surface area contributed by atoms with Gasteiger partial charge < -0.3 is 15.7 Å². The normalized spacial score (nSPS) is 9.28. The van der Waals surface area contributed by atoms with Crippen molar-refractivity contribution in [3.8, 4) is 11.8 Å². The number of rotatable bonds is 3. The zero-order valence-electron chi connectivity index (χ0n) is 10.7. The summed E-state index contributed by atoms with van der Waals surface area (Å²) in [4.78, 5) is 11.4. The van der Waals surface area contributed by atoms with Crippen LogP contribution >= 0.6 is 0 Å². The molecule has 0 saturated heterocycles. The molecule has 0 spiro atoms. The predicted octanol–water partition coefficient (Wildman–Crippen LogP) is 1.87. The van der Waals surface area contributed by atoms with Gasteiger partial charge in [0.25, 0.3) is 0 Å². The molecule has 96 valence electrons. The van der Waals surface area contributed by atoms with E-state index >= 15 is 0 Å². The van der Waals surface area contributed by atoms with Gasteiger partial charge >= 0.3 is 6.03 Å². The number of hydrogen-bond donors (Lipinski definition) is 3. The first-order valence-electron chi connectivity index (χ1n) is 5.92. The van der Waals surface area contributed by atoms with Crippen LogP contribution in [0.3, 0.4) is 0 Å². The molecule has 2 amide bonds. The van der Waals surface area contributed by atoms with Crippen molar-refractivity contribution in [2.24, 2.45) is 0 Å². The van der Waals surface area contributed by atoms with E-state index in [0.29, 0.717) is 18.7 Å². The summed E-state index contributed by atoms with van der Waals surface area (Å²) in [5.41, 5.74) is 2.57. The number of hydrogen-bond acceptors (Lipinski definition) is 2. The van der Waals surface area contributed by atoms with Gasteiger partial charge in [-0.05, 0) is 37.6 Å². The third kappa shape index (κ3) is 4.89. The summed E-state index contributed by atoms with van der Waals surface area (Å²) in [6.07, 6.45) is 0.451. The lowest BCUT2D eigenvalue weighted by molar-refractivity contribution is 0.252. The monoisotopic (exact) mass is 246 g/mol. The van der Waals surface area contributed by atoms with Crippen LogP contribution in [0, 0.1) is 18.8 Å². The highest BCUT2D eigenvalue weighted by atomic mass is 16.2. The first kappa shape index (κ1) is 14.1. The summed E-state index contributed by atoms with van der Waals surface area (Å²) in [5.74, 6) is 5.81. The fourth-order valence-electron chi connectivity index (χ4n) is 1.48. The Kier molecular flexibility index (Phi) is 5.75. The van der Waals surface area contributed by atoms with Crippen molar-refractivity contribution in [3.63, 3.8) is 0 Å². The molecule has 0 heterocycles. The lowest BCUT2D eigenvalue weighted by Gasteiger charge is -2.07. The second-order valence-corrected chi connectivity index (χ2v) is 3.85. The quantitative estimate of drug-likeness (QED) is 0.713. The van der Waals surface area contributed by atoms with Gasteiger partial charge in [0.1, 0.15) is 0 Å². The van der Waals surface area contributed by atoms with Crippen LogP contribution < -0.4 is 10.6 Å². The molecule has 1 aromatic rings. The highest BCUT2D eigenvalue weighted by Gasteiger charge is 2.01. The van der Waals surface area contributed by atoms with Crippen molar-refractivity contribution in [1.29, 1.82) is 0 Å². The number of carbonyl (C=O) groups excluding carboxylic acids is 1. The first-order chi connectivity index (χ1) is 8.65. The number of aliphatic hydroxyl groups is 1. The Morgan fingerprint density at radius 2 is 2.17 bits per heavy atom. The lowest BCUT2D eigenvalue weighted by Crippen LogP contribution is -2.28. The predicted molar refractivity (Wildman–Crippen MR) is 72.5 cm³/mol. The van der Waals surface area contributed by atoms with Crippen LogP contribution in [0.4, 0.5) is 10.5 Å². The number of benzene rings is 1. The Bertz CT molecular complexity index is 472. The summed E-state index contributed by atoms with van der Waals surface area (Å²) in [5, 5.41) is 14.1. The Hall–Kier alpha value is -1.99. The van der Waals surface area contributed by atoms with Crippen molar-refractivity contribution in [2.45, 2.75) is 20.3 Å². The number of nitrogens with one attached hydrogen (secondary N) is 2. The number of aryl methyl sites for hydroxylation is 1. The van der Waals surface area contributed by atoms with E-state index in [-0.39, 0.29) is 12.6 Å². The van der Waals surface area contributed by atoms with Gasteiger partial charge in [-0.15, -0.1) is 0 Å². The summed E-state index contributed by atoms with van der Waals surface area (Å²) < 4.78 is 0. The van der Waals surface area contributed by atoms with Gasteiger partial charge in [-0.25, -0.2) is 4.79 Å². The molecule has 0 aliphatic rings. The summed E-state index contributed by atoms with van der Waals surface area (Å²) in [6.45, 7) is 4.45. The Morgan fingerprint density at radius 1 is 1.39 bits per heavy atom. The number of carbonyl (C=O) groups is 1. The van der Waals surface area contributed by atoms with E-state index in [9.17, 15) is 4.79 Å². The van der Waals surface area contributed by atoms with Crippen molar-refractivity contribution >= 4 is 11.7 Å². The molecule has 0 unspecified atom stereocenters. The molecule has 0 aromatic heterocycles. The van der Waals surface area contributed by atoms with Crippen LogP contribution in [0.15, 0.2) is 18.2 Å². The smallest absolute Gasteiger partial charge is 0.319 e. The SMILES string of the molecule is CCNC(=O)Nc1cc(C)cc(C#CCCO)c1. The maximum atomic E-state index is 11.4. The lowest BCUT2D eigenvalue weighted by atomic mass is 10.1. The van der Waals surface area contributed by atoms with E-state index in [4.69, 9.17) is 5.11 Å². The number of amides is 2. The second kappa shape index (κ2) is 7.36. The zero-order valence-corrected chi connectivity index (χ0v) is 10.7. The molecule has 0 fully saturated rings. The molecule has 1 rings (SSSR count). The number of anilines is 1. The van der Waals surface area contributed by atoms with E-state index in [1.807, 2.05) is 32.0 Å². The molecule has 0 bridgehead atoms. The molecular formula is C14H18N2O2. The standard InChI is InChI=1S/C14H18N2O2/c1-3-15-14(18)16-13-9-11(2)8-12(10-13)6-4-5-7-17/h8-10,17H,3,5,7H2,1-2H3,(H2,15,16,18). The minimum Gasteiger partial charge on any atom is -0.395 e. The van der Waals surface area contributed by atoms with E-state index in [0.717, 1.165) is 11.1 Å². The Balaban J connectivity index is 2.81. The van der Waals surface area contributed by atoms with Crippen molar-refractivity contribution in [2.75, 3.05) is 18.5 Å². The van der Waals surface area contributed by atoms with Crippen molar-refractivity contribution in [3.05, 3.63) is 29.3 Å². The Labute approximate surface area is 107 Å². The van der Waals surface area contributed by atoms with Crippen LogP contribution in [0.1, 0.15) is 24.5 Å². The van der Waals surface area contributed by atoms with Gasteiger partial charge in [0, 0.05) is 24.2 Å². The Morgan fingerprint density at radius 3 is 2.83 bits per heavy atom. The van der Waals surface area contributed by atoms with Crippen LogP contribution in [0.2, 0.25) is 0 Å². The number of urea groups is 1. The minimum absolute atomic E-state index is 0.0584. The van der Waals surface area contributed by atoms with Gasteiger partial charge in [0.2, 0.25) is 0 Å². The van der Waals surface area contributed by atoms with E-state index in [2.05, 4.69) is 22.5 Å². The van der Waals surface area contributed by atoms with Crippen LogP contribution in [-0.2, 0) is 0 Å². The average molecular weight is 246 g/mol. The summed E-state index contributed by atoms with van der Waals surface area (Å²) >= 11 is 0. The third-order valence-electron chi connectivity index (χ3n) is 2.14. The molecule has 1 aromatic carbocycles. The molecule has 0 saturated carbocycles. The van der Waals surface area contributed by atoms with Gasteiger partial charge in [-0.1, -0.05) is 11.8 Å². The van der Waals surface area contributed by atoms with Crippen LogP contribution in [-0.4, -0.2) is 24.3 Å². The average Bonchev–Trinajstić information content (AvgIpc) is 2.28. The fraction of sp³-hybridized carbons (Fsp3) is 0.357. The molecule has 0 aliphatic carbocycles. The van der Waals surface area contributed by atoms with E-state index < -0.39 is 0 Å². The largest absolute Gasteiger partial charge is 0.395 e. The molecule has 4 nitrogen and oxygen atoms in total. The molecule has 0 radical (unpaired) electrons. The van der Waals surface area contributed by atoms with Crippen molar-refractivity contribution in [1.82, 2.24) is 5.32 Å². The molecule has 18 heavy (non-hydrogen) atoms. The first-order valence-corrected chi connectivity index (χ1v) is 5.92. The second-order valence-electron chi connectivity index (χ2n) is 3.85. The molecule has 3 N–H and O–H groups in total. The molecule has 4 heteroatoms. The third-order valence-corrected chi connectivity index (χ3v) is 2.14. The van der Waals surface area contributed by atoms with E-state index in [1.54, 1.807) is 0 Å². The fourth-order valence-corrected chi connectivity index (χ4v) is 1.48. The van der Waals surface area contributed by atoms with Gasteiger partial charge in [-0.3, -0.25) is 0 Å². The maximum absolute atomic E-state index is 11.4. The van der Waals surface area contributed by atoms with Gasteiger partial charge in [0.15, 0.2) is 0 Å². The molecule has 0 aliphatic heterocycles. The van der Waals surface area contributed by atoms with E-state index in [1.165, 1.54) is 0 Å². The summed E-state index contributed by atoms with van der Waals surface area (Å²) in [7, 11) is 0. The topological polar surface area (TPSA) is 61.4 Å². The van der Waals surface area contributed by atoms with Gasteiger partial charge in [0.05, 0.1) is 6.61 Å². The summed E-state index contributed by atoms with van der Waals surface area (Å²) in [6, 6.07) is 5.41. The maximum Gasteiger partial charge on any atom is 0.319 e. The number of aliphatic hydroxyl groups excluding tert-OH is 1. The zero-order chi connectivity index (χ0) is 13.4. The highest BCUT2D eigenvalue weighted by Crippen LogP contribution is 2.13. The van der Waals surface area contributed by atoms with Crippen LogP contribution in [0.25, 0.3) is 0 Å². The van der Waals surface area contributed by atoms with Crippen LogP contribution in [0.5, 0.6) is 0 Å². The van der Waals surface area contributed by atoms with Crippen molar-refractivity contribution < 1.29 is 9.90 Å².